The molecule has 7 nitrogen and oxygen atoms in total. The predicted octanol–water partition coefficient (Wildman–Crippen LogP) is 2.62. The molecule has 3 aromatic heterocycles. The molecule has 0 spiro atoms. The fourth-order valence-electron chi connectivity index (χ4n) is 1.68. The lowest BCUT2D eigenvalue weighted by Crippen LogP contribution is -1.92. The van der Waals surface area contributed by atoms with E-state index < -0.39 is 0 Å². The molecule has 0 amide bonds. The Morgan fingerprint density at radius 2 is 2.00 bits per heavy atom. The quantitative estimate of drug-likeness (QED) is 0.706. The van der Waals surface area contributed by atoms with E-state index in [-0.39, 0.29) is 5.92 Å². The second-order valence-corrected chi connectivity index (χ2v) is 4.68. The zero-order chi connectivity index (χ0) is 13.9. The average Bonchev–Trinajstić information content (AvgIpc) is 3.17. The predicted molar refractivity (Wildman–Crippen MR) is 67.8 cm³/mol. The fourth-order valence-corrected chi connectivity index (χ4v) is 1.68. The molecule has 0 N–H and O–H groups in total. The van der Waals surface area contributed by atoms with Gasteiger partial charge in [-0.15, -0.1) is 10.2 Å². The summed E-state index contributed by atoms with van der Waals surface area (Å²) in [5.41, 5.74) is 0. The molecular weight excluding hydrogens is 260 g/mol. The largest absolute Gasteiger partial charge is 0.461 e. The van der Waals surface area contributed by atoms with E-state index in [1.807, 2.05) is 13.8 Å². The number of aryl methyl sites for hydroxylation is 2. The second kappa shape index (κ2) is 5.28. The minimum Gasteiger partial charge on any atom is -0.461 e. The van der Waals surface area contributed by atoms with Gasteiger partial charge in [0.1, 0.15) is 0 Å². The van der Waals surface area contributed by atoms with Crippen molar-refractivity contribution in [3.8, 4) is 11.6 Å². The van der Waals surface area contributed by atoms with Crippen LogP contribution < -0.4 is 0 Å². The lowest BCUT2D eigenvalue weighted by molar-refractivity contribution is 0.368. The Labute approximate surface area is 115 Å². The highest BCUT2D eigenvalue weighted by atomic mass is 16.5. The Bertz CT molecular complexity index is 669. The van der Waals surface area contributed by atoms with E-state index in [2.05, 4.69) is 20.3 Å². The van der Waals surface area contributed by atoms with Gasteiger partial charge in [-0.1, -0.05) is 19.0 Å². The number of nitrogens with zero attached hydrogens (tertiary/aromatic N) is 4. The van der Waals surface area contributed by atoms with Crippen LogP contribution in [0.5, 0.6) is 0 Å². The van der Waals surface area contributed by atoms with Gasteiger partial charge in [0, 0.05) is 18.8 Å². The van der Waals surface area contributed by atoms with Crippen molar-refractivity contribution in [1.82, 2.24) is 20.3 Å². The molecule has 20 heavy (non-hydrogen) atoms. The van der Waals surface area contributed by atoms with Crippen molar-refractivity contribution in [2.45, 2.75) is 32.6 Å². The van der Waals surface area contributed by atoms with Crippen molar-refractivity contribution in [2.24, 2.45) is 0 Å². The summed E-state index contributed by atoms with van der Waals surface area (Å²) in [6.45, 7) is 4.01. The minimum atomic E-state index is 0.227. The zero-order valence-corrected chi connectivity index (χ0v) is 11.2. The summed E-state index contributed by atoms with van der Waals surface area (Å²) < 4.78 is 15.9. The molecule has 0 aliphatic carbocycles. The van der Waals surface area contributed by atoms with Crippen LogP contribution >= 0.6 is 0 Å². The molecule has 3 aromatic rings. The molecule has 0 aliphatic rings. The van der Waals surface area contributed by atoms with Crippen LogP contribution in [-0.4, -0.2) is 20.3 Å². The van der Waals surface area contributed by atoms with Crippen molar-refractivity contribution in [1.29, 1.82) is 0 Å². The van der Waals surface area contributed by atoms with Crippen LogP contribution in [0.1, 0.15) is 37.4 Å². The second-order valence-electron chi connectivity index (χ2n) is 4.68. The lowest BCUT2D eigenvalue weighted by Gasteiger charge is -1.94. The summed E-state index contributed by atoms with van der Waals surface area (Å²) in [6.07, 6.45) is 2.68. The van der Waals surface area contributed by atoms with Gasteiger partial charge in [0.05, 0.1) is 6.26 Å². The molecule has 3 heterocycles. The highest BCUT2D eigenvalue weighted by Crippen LogP contribution is 2.17. The van der Waals surface area contributed by atoms with Gasteiger partial charge in [-0.3, -0.25) is 0 Å². The first-order chi connectivity index (χ1) is 9.72. The summed E-state index contributed by atoms with van der Waals surface area (Å²) in [4.78, 5) is 4.25. The van der Waals surface area contributed by atoms with Crippen molar-refractivity contribution < 1.29 is 13.4 Å². The van der Waals surface area contributed by atoms with E-state index in [0.717, 1.165) is 0 Å². The van der Waals surface area contributed by atoms with Gasteiger partial charge in [-0.05, 0) is 12.1 Å². The third-order valence-corrected chi connectivity index (χ3v) is 2.74. The molecule has 7 heteroatoms. The highest BCUT2D eigenvalue weighted by Gasteiger charge is 2.13. The number of rotatable bonds is 5. The Kier molecular flexibility index (Phi) is 3.32. The summed E-state index contributed by atoms with van der Waals surface area (Å²) in [5, 5.41) is 11.8. The molecule has 0 saturated carbocycles. The lowest BCUT2D eigenvalue weighted by atomic mass is 10.2. The molecule has 0 radical (unpaired) electrons. The molecule has 0 fully saturated rings. The number of hydrogen-bond donors (Lipinski definition) is 0. The first-order valence-corrected chi connectivity index (χ1v) is 6.41. The third-order valence-electron chi connectivity index (χ3n) is 2.74. The monoisotopic (exact) mass is 274 g/mol. The van der Waals surface area contributed by atoms with Crippen LogP contribution in [0, 0.1) is 0 Å². The van der Waals surface area contributed by atoms with E-state index in [1.54, 1.807) is 18.4 Å². The standard InChI is InChI=1S/C13H14N4O3/c1-8(2)13-16-15-11(19-13)6-5-10-14-12(17-20-10)9-4-3-7-18-9/h3-4,7-8H,5-6H2,1-2H3. The van der Waals surface area contributed by atoms with Gasteiger partial charge in [0.15, 0.2) is 5.76 Å². The summed E-state index contributed by atoms with van der Waals surface area (Å²) >= 11 is 0. The SMILES string of the molecule is CC(C)c1nnc(CCc2nc(-c3ccco3)no2)o1. The van der Waals surface area contributed by atoms with Gasteiger partial charge in [-0.25, -0.2) is 0 Å². The van der Waals surface area contributed by atoms with E-state index >= 15 is 0 Å². The van der Waals surface area contributed by atoms with Gasteiger partial charge in [0.2, 0.25) is 23.5 Å². The smallest absolute Gasteiger partial charge is 0.238 e. The number of furan rings is 1. The van der Waals surface area contributed by atoms with Crippen LogP contribution in [0.2, 0.25) is 0 Å². The van der Waals surface area contributed by atoms with Crippen molar-refractivity contribution in [3.63, 3.8) is 0 Å². The Balaban J connectivity index is 1.63. The maximum absolute atomic E-state index is 5.52. The van der Waals surface area contributed by atoms with Crippen LogP contribution in [0.3, 0.4) is 0 Å². The summed E-state index contributed by atoms with van der Waals surface area (Å²) in [6, 6.07) is 3.55. The van der Waals surface area contributed by atoms with Crippen molar-refractivity contribution in [3.05, 3.63) is 36.1 Å². The van der Waals surface area contributed by atoms with Crippen LogP contribution in [-0.2, 0) is 12.8 Å². The molecule has 0 saturated heterocycles. The molecule has 0 aromatic carbocycles. The zero-order valence-electron chi connectivity index (χ0n) is 11.2. The summed E-state index contributed by atoms with van der Waals surface area (Å²) in [7, 11) is 0. The van der Waals surface area contributed by atoms with E-state index in [9.17, 15) is 0 Å². The van der Waals surface area contributed by atoms with E-state index in [1.165, 1.54) is 0 Å². The van der Waals surface area contributed by atoms with E-state index in [0.29, 0.717) is 42.1 Å². The molecule has 104 valence electrons. The molecule has 0 bridgehead atoms. The van der Waals surface area contributed by atoms with Gasteiger partial charge < -0.3 is 13.4 Å². The molecule has 0 unspecified atom stereocenters. The first kappa shape index (κ1) is 12.6. The molecule has 3 rings (SSSR count). The summed E-state index contributed by atoms with van der Waals surface area (Å²) in [5.74, 6) is 2.98. The van der Waals surface area contributed by atoms with Crippen LogP contribution in [0.25, 0.3) is 11.6 Å². The maximum Gasteiger partial charge on any atom is 0.238 e. The molecule has 0 aliphatic heterocycles. The molecule has 0 atom stereocenters. The Morgan fingerprint density at radius 1 is 1.15 bits per heavy atom. The maximum atomic E-state index is 5.52. The third kappa shape index (κ3) is 2.61. The average molecular weight is 274 g/mol. The Morgan fingerprint density at radius 3 is 2.70 bits per heavy atom. The highest BCUT2D eigenvalue weighted by molar-refractivity contribution is 5.44. The number of aromatic nitrogens is 4. The normalized spacial score (nSPS) is 11.3. The number of hydrogen-bond acceptors (Lipinski definition) is 7. The van der Waals surface area contributed by atoms with Crippen molar-refractivity contribution >= 4 is 0 Å². The van der Waals surface area contributed by atoms with Gasteiger partial charge in [-0.2, -0.15) is 4.98 Å². The van der Waals surface area contributed by atoms with Gasteiger partial charge >= 0.3 is 0 Å². The van der Waals surface area contributed by atoms with Crippen LogP contribution in [0.4, 0.5) is 0 Å². The van der Waals surface area contributed by atoms with Gasteiger partial charge in [0.25, 0.3) is 0 Å². The minimum absolute atomic E-state index is 0.227. The molecular formula is C13H14N4O3. The topological polar surface area (TPSA) is 91.0 Å². The van der Waals surface area contributed by atoms with Crippen LogP contribution in [0.15, 0.2) is 31.8 Å². The fraction of sp³-hybridized carbons (Fsp3) is 0.385. The Hall–Kier alpha value is -2.44. The van der Waals surface area contributed by atoms with Crippen molar-refractivity contribution in [2.75, 3.05) is 0 Å². The van der Waals surface area contributed by atoms with E-state index in [4.69, 9.17) is 13.4 Å². The first-order valence-electron chi connectivity index (χ1n) is 6.41.